The van der Waals surface area contributed by atoms with Crippen LogP contribution in [-0.4, -0.2) is 34.0 Å². The molecule has 21 heavy (non-hydrogen) atoms. The van der Waals surface area contributed by atoms with Crippen LogP contribution in [0.4, 0.5) is 0 Å². The van der Waals surface area contributed by atoms with Gasteiger partial charge in [-0.05, 0) is 49.4 Å². The summed E-state index contributed by atoms with van der Waals surface area (Å²) in [7, 11) is 0. The number of nitrogens with zero attached hydrogens (tertiary/aromatic N) is 1. The van der Waals surface area contributed by atoms with Crippen LogP contribution in [0.25, 0.3) is 5.57 Å². The van der Waals surface area contributed by atoms with Crippen molar-refractivity contribution in [2.75, 3.05) is 0 Å². The van der Waals surface area contributed by atoms with Crippen LogP contribution in [-0.2, 0) is 0 Å². The molecule has 2 atom stereocenters. The zero-order chi connectivity index (χ0) is 14.6. The Morgan fingerprint density at radius 1 is 1.38 bits per heavy atom. The Balaban J connectivity index is 1.66. The molecule has 0 aromatic carbocycles. The van der Waals surface area contributed by atoms with Gasteiger partial charge in [0.25, 0.3) is 5.91 Å². The van der Waals surface area contributed by atoms with E-state index < -0.39 is 0 Å². The van der Waals surface area contributed by atoms with Gasteiger partial charge in [0, 0.05) is 24.0 Å². The summed E-state index contributed by atoms with van der Waals surface area (Å²) in [5.74, 6) is -0.0617. The number of rotatable bonds is 3. The van der Waals surface area contributed by atoms with Gasteiger partial charge >= 0.3 is 0 Å². The fraction of sp³-hybridized carbons (Fsp3) is 0.312. The molecule has 0 saturated carbocycles. The van der Waals surface area contributed by atoms with E-state index >= 15 is 0 Å². The third kappa shape index (κ3) is 1.88. The lowest BCUT2D eigenvalue weighted by molar-refractivity contribution is 0.0938. The summed E-state index contributed by atoms with van der Waals surface area (Å²) in [6.45, 7) is 3.91. The largest absolute Gasteiger partial charge is 0.369 e. The lowest BCUT2D eigenvalue weighted by atomic mass is 9.96. The lowest BCUT2D eigenvalue weighted by Gasteiger charge is -2.13. The lowest BCUT2D eigenvalue weighted by Crippen LogP contribution is -2.30. The first-order valence-corrected chi connectivity index (χ1v) is 7.27. The number of hydrogen-bond donors (Lipinski definition) is 3. The number of carbonyl (C=O) groups excluding carboxylic acids is 1. The van der Waals surface area contributed by atoms with Crippen molar-refractivity contribution >= 4 is 11.5 Å². The van der Waals surface area contributed by atoms with Gasteiger partial charge in [0.2, 0.25) is 0 Å². The molecule has 3 aliphatic heterocycles. The summed E-state index contributed by atoms with van der Waals surface area (Å²) in [4.78, 5) is 17.4. The van der Waals surface area contributed by atoms with Crippen molar-refractivity contribution in [2.24, 2.45) is 0 Å². The summed E-state index contributed by atoms with van der Waals surface area (Å²) >= 11 is 0. The first-order chi connectivity index (χ1) is 10.1. The molecule has 1 fully saturated rings. The quantitative estimate of drug-likeness (QED) is 0.737. The van der Waals surface area contributed by atoms with Crippen LogP contribution in [0, 0.1) is 0 Å². The molecule has 4 heterocycles. The summed E-state index contributed by atoms with van der Waals surface area (Å²) in [5, 5.41) is 6.23. The van der Waals surface area contributed by atoms with Gasteiger partial charge in [-0.25, -0.2) is 0 Å². The van der Waals surface area contributed by atoms with Crippen LogP contribution < -0.4 is 10.6 Å². The number of hydrogen-bond acceptors (Lipinski definition) is 3. The standard InChI is InChI=1S/C16H18N4O/c1-9(2)19-16(21)13-7-10(8-18-13)11-4-6-20-14-12(11)3-5-17-15(14)20/h3-9,14-15,17-18H,1-2H3,(H,19,21). The zero-order valence-electron chi connectivity index (χ0n) is 12.1. The van der Waals surface area contributed by atoms with Crippen molar-refractivity contribution in [3.8, 4) is 0 Å². The molecule has 3 aliphatic rings. The van der Waals surface area contributed by atoms with Crippen LogP contribution in [0.3, 0.4) is 0 Å². The number of allylic oxidation sites excluding steroid dienone is 2. The molecular weight excluding hydrogens is 264 g/mol. The third-order valence-corrected chi connectivity index (χ3v) is 4.08. The van der Waals surface area contributed by atoms with Gasteiger partial charge in [-0.2, -0.15) is 0 Å². The van der Waals surface area contributed by atoms with Crippen molar-refractivity contribution in [2.45, 2.75) is 32.1 Å². The smallest absolute Gasteiger partial charge is 0.267 e. The Morgan fingerprint density at radius 2 is 2.24 bits per heavy atom. The summed E-state index contributed by atoms with van der Waals surface area (Å²) in [5.41, 5.74) is 4.17. The van der Waals surface area contributed by atoms with Gasteiger partial charge in [0.1, 0.15) is 11.9 Å². The molecule has 5 heteroatoms. The number of H-pyrrole nitrogens is 1. The highest BCUT2D eigenvalue weighted by molar-refractivity contribution is 5.94. The highest BCUT2D eigenvalue weighted by atomic mass is 16.1. The fourth-order valence-electron chi connectivity index (χ4n) is 3.07. The molecule has 3 N–H and O–H groups in total. The van der Waals surface area contributed by atoms with E-state index in [4.69, 9.17) is 0 Å². The van der Waals surface area contributed by atoms with E-state index in [2.05, 4.69) is 38.9 Å². The maximum atomic E-state index is 12.0. The molecule has 0 spiro atoms. The summed E-state index contributed by atoms with van der Waals surface area (Å²) in [6, 6.07) is 2.50. The molecule has 1 aromatic rings. The molecule has 0 bridgehead atoms. The van der Waals surface area contributed by atoms with Gasteiger partial charge in [0.15, 0.2) is 0 Å². The monoisotopic (exact) mass is 282 g/mol. The molecule has 108 valence electrons. The molecular formula is C16H18N4O. The average Bonchev–Trinajstić information content (AvgIpc) is 2.97. The maximum absolute atomic E-state index is 12.0. The zero-order valence-corrected chi connectivity index (χ0v) is 12.1. The van der Waals surface area contributed by atoms with Gasteiger partial charge in [0.05, 0.1) is 6.04 Å². The minimum Gasteiger partial charge on any atom is -0.369 e. The van der Waals surface area contributed by atoms with Crippen molar-refractivity contribution in [3.05, 3.63) is 53.6 Å². The highest BCUT2D eigenvalue weighted by Gasteiger charge is 2.50. The second kappa shape index (κ2) is 4.28. The van der Waals surface area contributed by atoms with Gasteiger partial charge in [-0.15, -0.1) is 0 Å². The Morgan fingerprint density at radius 3 is 3.05 bits per heavy atom. The second-order valence-corrected chi connectivity index (χ2v) is 5.95. The van der Waals surface area contributed by atoms with E-state index in [0.29, 0.717) is 17.9 Å². The van der Waals surface area contributed by atoms with Gasteiger partial charge in [-0.1, -0.05) is 0 Å². The maximum Gasteiger partial charge on any atom is 0.267 e. The molecule has 1 amide bonds. The Hall–Kier alpha value is -2.43. The van der Waals surface area contributed by atoms with Crippen LogP contribution in [0.1, 0.15) is 29.9 Å². The van der Waals surface area contributed by atoms with Crippen molar-refractivity contribution in [1.29, 1.82) is 0 Å². The van der Waals surface area contributed by atoms with E-state index in [1.807, 2.05) is 32.3 Å². The van der Waals surface area contributed by atoms with Crippen molar-refractivity contribution < 1.29 is 4.79 Å². The van der Waals surface area contributed by atoms with Crippen LogP contribution >= 0.6 is 0 Å². The molecule has 5 nitrogen and oxygen atoms in total. The van der Waals surface area contributed by atoms with E-state index in [9.17, 15) is 4.79 Å². The number of amides is 1. The number of carbonyl (C=O) groups is 1. The summed E-state index contributed by atoms with van der Waals surface area (Å²) < 4.78 is 0. The third-order valence-electron chi connectivity index (χ3n) is 4.08. The van der Waals surface area contributed by atoms with E-state index in [1.165, 1.54) is 11.1 Å². The minimum absolute atomic E-state index is 0.0617. The predicted molar refractivity (Wildman–Crippen MR) is 81.1 cm³/mol. The van der Waals surface area contributed by atoms with Crippen molar-refractivity contribution in [3.63, 3.8) is 0 Å². The molecule has 2 unspecified atom stereocenters. The minimum atomic E-state index is -0.0617. The van der Waals surface area contributed by atoms with Crippen LogP contribution in [0.15, 0.2) is 42.4 Å². The highest BCUT2D eigenvalue weighted by Crippen LogP contribution is 2.43. The summed E-state index contributed by atoms with van der Waals surface area (Å²) in [6.07, 6.45) is 10.7. The Kier molecular flexibility index (Phi) is 2.51. The second-order valence-electron chi connectivity index (χ2n) is 5.95. The first-order valence-electron chi connectivity index (χ1n) is 7.27. The van der Waals surface area contributed by atoms with Gasteiger partial charge in [-0.3, -0.25) is 4.79 Å². The first kappa shape index (κ1) is 12.3. The van der Waals surface area contributed by atoms with Crippen LogP contribution in [0.2, 0.25) is 0 Å². The predicted octanol–water partition coefficient (Wildman–Crippen LogP) is 1.56. The topological polar surface area (TPSA) is 59.9 Å². The Bertz CT molecular complexity index is 695. The number of nitrogens with one attached hydrogen (secondary N) is 3. The fourth-order valence-corrected chi connectivity index (χ4v) is 3.07. The van der Waals surface area contributed by atoms with Crippen LogP contribution in [0.5, 0.6) is 0 Å². The number of aromatic nitrogens is 1. The van der Waals surface area contributed by atoms with E-state index in [1.54, 1.807) is 0 Å². The molecule has 0 aliphatic carbocycles. The number of aromatic amines is 1. The Labute approximate surface area is 123 Å². The number of fused-ring (bicyclic) bond motifs is 1. The molecule has 1 saturated heterocycles. The van der Waals surface area contributed by atoms with Crippen molar-refractivity contribution in [1.82, 2.24) is 20.5 Å². The van der Waals surface area contributed by atoms with Gasteiger partial charge < -0.3 is 20.5 Å². The SMILES string of the molecule is CC(C)NC(=O)c1cc(C2=C3C=CNC4C3N4C=C2)c[nH]1. The van der Waals surface area contributed by atoms with E-state index in [0.717, 1.165) is 5.56 Å². The molecule has 1 aromatic heterocycles. The normalized spacial score (nSPS) is 25.0. The molecule has 0 radical (unpaired) electrons. The average molecular weight is 282 g/mol. The van der Waals surface area contributed by atoms with E-state index in [-0.39, 0.29) is 11.9 Å². The molecule has 4 rings (SSSR count).